The maximum atomic E-state index is 12.5. The van der Waals surface area contributed by atoms with Crippen molar-refractivity contribution in [2.24, 2.45) is 5.10 Å². The van der Waals surface area contributed by atoms with E-state index in [9.17, 15) is 13.2 Å². The number of benzene rings is 3. The number of carbonyl (C=O) groups is 1. The number of nitrogens with zero attached hydrogens (tertiary/aromatic N) is 2. The van der Waals surface area contributed by atoms with Crippen LogP contribution in [0.25, 0.3) is 0 Å². The Morgan fingerprint density at radius 3 is 2.31 bits per heavy atom. The number of amides is 1. The van der Waals surface area contributed by atoms with E-state index in [4.69, 9.17) is 0 Å². The Kier molecular flexibility index (Phi) is 7.68. The number of hydrogen-bond donors (Lipinski definition) is 1. The van der Waals surface area contributed by atoms with Crippen LogP contribution in [0.5, 0.6) is 0 Å². The number of hydrogen-bond acceptors (Lipinski definition) is 4. The van der Waals surface area contributed by atoms with Gasteiger partial charge in [-0.05, 0) is 89.5 Å². The average molecular weight is 561 g/mol. The quantitative estimate of drug-likeness (QED) is 0.258. The van der Waals surface area contributed by atoms with Gasteiger partial charge in [0.25, 0.3) is 5.91 Å². The van der Waals surface area contributed by atoms with Crippen LogP contribution in [-0.2, 0) is 16.6 Å². The molecule has 0 unspecified atom stereocenters. The first-order valence-corrected chi connectivity index (χ1v) is 12.8. The van der Waals surface area contributed by atoms with Crippen molar-refractivity contribution in [2.75, 3.05) is 10.6 Å². The topological polar surface area (TPSA) is 78.8 Å². The van der Waals surface area contributed by atoms with Gasteiger partial charge in [-0.25, -0.2) is 13.8 Å². The van der Waals surface area contributed by atoms with Crippen LogP contribution >= 0.6 is 22.6 Å². The molecule has 32 heavy (non-hydrogen) atoms. The lowest BCUT2D eigenvalue weighted by molar-refractivity contribution is 0.0955. The molecule has 0 fully saturated rings. The number of hydrazone groups is 1. The van der Waals surface area contributed by atoms with Gasteiger partial charge in [0, 0.05) is 9.13 Å². The maximum absolute atomic E-state index is 12.5. The summed E-state index contributed by atoms with van der Waals surface area (Å²) in [6, 6.07) is 21.9. The molecular formula is C24H24IN3O3S. The zero-order valence-electron chi connectivity index (χ0n) is 18.0. The van der Waals surface area contributed by atoms with Crippen LogP contribution in [0.3, 0.4) is 0 Å². The van der Waals surface area contributed by atoms with E-state index in [1.807, 2.05) is 62.4 Å². The minimum atomic E-state index is -3.51. The van der Waals surface area contributed by atoms with Crippen LogP contribution in [0.4, 0.5) is 5.69 Å². The first-order chi connectivity index (χ1) is 15.1. The maximum Gasteiger partial charge on any atom is 0.271 e. The van der Waals surface area contributed by atoms with Gasteiger partial charge in [-0.1, -0.05) is 36.4 Å². The predicted octanol–water partition coefficient (Wildman–Crippen LogP) is 4.72. The van der Waals surface area contributed by atoms with E-state index in [1.54, 1.807) is 24.3 Å². The highest BCUT2D eigenvalue weighted by Gasteiger charge is 2.19. The van der Waals surface area contributed by atoms with E-state index in [2.05, 4.69) is 33.1 Å². The second-order valence-electron chi connectivity index (χ2n) is 7.39. The number of carbonyl (C=O) groups excluding carboxylic acids is 1. The molecule has 1 N–H and O–H groups in total. The SMILES string of the molecule is C/C(=N/NC(=O)c1ccc(N(Cc2ccccc2C)S(C)(=O)=O)cc1)c1cccc(I)c1. The summed E-state index contributed by atoms with van der Waals surface area (Å²) >= 11 is 2.22. The van der Waals surface area contributed by atoms with Crippen molar-refractivity contribution < 1.29 is 13.2 Å². The number of aryl methyl sites for hydroxylation is 1. The minimum Gasteiger partial charge on any atom is -0.267 e. The van der Waals surface area contributed by atoms with Crippen LogP contribution in [0.1, 0.15) is 34.0 Å². The normalized spacial score (nSPS) is 11.8. The Balaban J connectivity index is 1.76. The average Bonchev–Trinajstić information content (AvgIpc) is 2.76. The van der Waals surface area contributed by atoms with Gasteiger partial charge in [-0.15, -0.1) is 0 Å². The van der Waals surface area contributed by atoms with Crippen LogP contribution < -0.4 is 9.73 Å². The van der Waals surface area contributed by atoms with Crippen LogP contribution in [-0.4, -0.2) is 26.3 Å². The molecule has 0 bridgehead atoms. The Morgan fingerprint density at radius 2 is 1.69 bits per heavy atom. The summed E-state index contributed by atoms with van der Waals surface area (Å²) in [5.41, 5.74) is 6.98. The largest absolute Gasteiger partial charge is 0.271 e. The van der Waals surface area contributed by atoms with Gasteiger partial charge in [0.2, 0.25) is 10.0 Å². The smallest absolute Gasteiger partial charge is 0.267 e. The summed E-state index contributed by atoms with van der Waals surface area (Å²) in [7, 11) is -3.51. The molecule has 0 saturated carbocycles. The summed E-state index contributed by atoms with van der Waals surface area (Å²) in [6.45, 7) is 3.99. The summed E-state index contributed by atoms with van der Waals surface area (Å²) in [6.07, 6.45) is 1.17. The van der Waals surface area contributed by atoms with Crippen molar-refractivity contribution in [3.8, 4) is 0 Å². The molecule has 1 amide bonds. The molecule has 3 aromatic rings. The van der Waals surface area contributed by atoms with Crippen molar-refractivity contribution in [3.63, 3.8) is 0 Å². The van der Waals surface area contributed by atoms with E-state index < -0.39 is 10.0 Å². The third-order valence-electron chi connectivity index (χ3n) is 4.96. The predicted molar refractivity (Wildman–Crippen MR) is 137 cm³/mol. The molecule has 0 aromatic heterocycles. The van der Waals surface area contributed by atoms with Gasteiger partial charge in [0.05, 0.1) is 24.2 Å². The van der Waals surface area contributed by atoms with Crippen molar-refractivity contribution in [3.05, 3.63) is 98.6 Å². The molecule has 6 nitrogen and oxygen atoms in total. The molecule has 166 valence electrons. The summed E-state index contributed by atoms with van der Waals surface area (Å²) in [5, 5.41) is 4.18. The zero-order valence-corrected chi connectivity index (χ0v) is 21.0. The molecule has 0 aliphatic carbocycles. The van der Waals surface area contributed by atoms with E-state index >= 15 is 0 Å². The number of anilines is 1. The summed E-state index contributed by atoms with van der Waals surface area (Å²) in [4.78, 5) is 12.5. The Morgan fingerprint density at radius 1 is 1.00 bits per heavy atom. The molecule has 0 aliphatic heterocycles. The first kappa shape index (κ1) is 23.9. The molecule has 3 aromatic carbocycles. The summed E-state index contributed by atoms with van der Waals surface area (Å²) < 4.78 is 27.3. The molecule has 8 heteroatoms. The van der Waals surface area contributed by atoms with E-state index in [0.717, 1.165) is 20.3 Å². The van der Waals surface area contributed by atoms with Gasteiger partial charge in [-0.3, -0.25) is 9.10 Å². The molecule has 3 rings (SSSR count). The molecular weight excluding hydrogens is 537 g/mol. The summed E-state index contributed by atoms with van der Waals surface area (Å²) in [5.74, 6) is -0.369. The number of nitrogens with one attached hydrogen (secondary N) is 1. The fraction of sp³-hybridized carbons (Fsp3) is 0.167. The van der Waals surface area contributed by atoms with E-state index in [-0.39, 0.29) is 12.5 Å². The Labute approximate surface area is 202 Å². The highest BCUT2D eigenvalue weighted by atomic mass is 127. The van der Waals surface area contributed by atoms with E-state index in [0.29, 0.717) is 17.0 Å². The monoisotopic (exact) mass is 561 g/mol. The van der Waals surface area contributed by atoms with E-state index in [1.165, 1.54) is 10.6 Å². The van der Waals surface area contributed by atoms with Crippen LogP contribution in [0.15, 0.2) is 77.9 Å². The zero-order chi connectivity index (χ0) is 23.3. The molecule has 0 radical (unpaired) electrons. The minimum absolute atomic E-state index is 0.219. The van der Waals surface area contributed by atoms with Gasteiger partial charge in [-0.2, -0.15) is 5.10 Å². The fourth-order valence-electron chi connectivity index (χ4n) is 3.10. The standard InChI is InChI=1S/C24H24IN3O3S/c1-17-7-4-5-8-21(17)16-28(32(3,30)31)23-13-11-19(12-14-23)24(29)27-26-18(2)20-9-6-10-22(25)15-20/h4-15H,16H2,1-3H3,(H,27,29)/b26-18-. The second-order valence-corrected chi connectivity index (χ2v) is 10.5. The Bertz CT molecular complexity index is 1260. The van der Waals surface area contributed by atoms with Crippen molar-refractivity contribution in [2.45, 2.75) is 20.4 Å². The second kappa shape index (κ2) is 10.3. The van der Waals surface area contributed by atoms with Gasteiger partial charge in [0.1, 0.15) is 0 Å². The highest BCUT2D eigenvalue weighted by molar-refractivity contribution is 14.1. The number of sulfonamides is 1. The molecule has 0 aliphatic rings. The number of halogens is 1. The van der Waals surface area contributed by atoms with Gasteiger partial charge < -0.3 is 0 Å². The third-order valence-corrected chi connectivity index (χ3v) is 6.77. The highest BCUT2D eigenvalue weighted by Crippen LogP contribution is 2.22. The van der Waals surface area contributed by atoms with Crippen LogP contribution in [0.2, 0.25) is 0 Å². The molecule has 0 heterocycles. The van der Waals surface area contributed by atoms with Crippen molar-refractivity contribution in [1.29, 1.82) is 0 Å². The van der Waals surface area contributed by atoms with Gasteiger partial charge >= 0.3 is 0 Å². The lowest BCUT2D eigenvalue weighted by Crippen LogP contribution is -2.29. The molecule has 0 spiro atoms. The first-order valence-electron chi connectivity index (χ1n) is 9.88. The van der Waals surface area contributed by atoms with Crippen LogP contribution in [0, 0.1) is 10.5 Å². The van der Waals surface area contributed by atoms with Crippen molar-refractivity contribution in [1.82, 2.24) is 5.43 Å². The lowest BCUT2D eigenvalue weighted by atomic mass is 10.1. The van der Waals surface area contributed by atoms with Crippen molar-refractivity contribution >= 4 is 49.9 Å². The Hall–Kier alpha value is -2.72. The fourth-order valence-corrected chi connectivity index (χ4v) is 4.52. The van der Waals surface area contributed by atoms with Gasteiger partial charge in [0.15, 0.2) is 0 Å². The lowest BCUT2D eigenvalue weighted by Gasteiger charge is -2.23. The molecule has 0 saturated heterocycles. The number of rotatable bonds is 7. The third kappa shape index (κ3) is 6.17. The molecule has 0 atom stereocenters.